The van der Waals surface area contributed by atoms with Gasteiger partial charge >= 0.3 is 0 Å². The SMILES string of the molecule is CC(=O)Nc1ccc(C(=O)CCC(=O)c2ccc(NC(C)=O)cc2)cc1. The van der Waals surface area contributed by atoms with Crippen molar-refractivity contribution < 1.29 is 19.2 Å². The number of nitrogens with one attached hydrogen (secondary N) is 2. The van der Waals surface area contributed by atoms with E-state index in [1.165, 1.54) is 13.8 Å². The van der Waals surface area contributed by atoms with Crippen molar-refractivity contribution in [3.05, 3.63) is 59.7 Å². The molecule has 0 aromatic heterocycles. The molecule has 0 spiro atoms. The predicted molar refractivity (Wildman–Crippen MR) is 99.4 cm³/mol. The maximum absolute atomic E-state index is 12.2. The molecule has 0 fully saturated rings. The standard InChI is InChI=1S/C20H20N2O4/c1-13(23)21-17-7-3-15(4-8-17)19(25)11-12-20(26)16-5-9-18(10-6-16)22-14(2)24/h3-10H,11-12H2,1-2H3,(H,21,23)(H,22,24). The van der Waals surface area contributed by atoms with E-state index in [1.807, 2.05) is 0 Å². The highest BCUT2D eigenvalue weighted by atomic mass is 16.2. The minimum absolute atomic E-state index is 0.103. The van der Waals surface area contributed by atoms with E-state index in [1.54, 1.807) is 48.5 Å². The van der Waals surface area contributed by atoms with Crippen LogP contribution in [0.4, 0.5) is 11.4 Å². The van der Waals surface area contributed by atoms with Crippen molar-refractivity contribution in [2.24, 2.45) is 0 Å². The Morgan fingerprint density at radius 1 is 0.615 bits per heavy atom. The quantitative estimate of drug-likeness (QED) is 0.747. The van der Waals surface area contributed by atoms with Gasteiger partial charge in [0.05, 0.1) is 0 Å². The fourth-order valence-corrected chi connectivity index (χ4v) is 2.40. The molecule has 0 bridgehead atoms. The number of amides is 2. The van der Waals surface area contributed by atoms with Crippen LogP contribution in [0.1, 0.15) is 47.4 Å². The van der Waals surface area contributed by atoms with E-state index in [0.29, 0.717) is 22.5 Å². The van der Waals surface area contributed by atoms with Crippen molar-refractivity contribution in [2.45, 2.75) is 26.7 Å². The topological polar surface area (TPSA) is 92.3 Å². The van der Waals surface area contributed by atoms with E-state index in [2.05, 4.69) is 10.6 Å². The molecule has 0 aliphatic heterocycles. The molecule has 2 aromatic rings. The molecule has 2 rings (SSSR count). The van der Waals surface area contributed by atoms with Crippen molar-refractivity contribution in [1.82, 2.24) is 0 Å². The summed E-state index contributed by atoms with van der Waals surface area (Å²) in [6.45, 7) is 2.82. The van der Waals surface area contributed by atoms with Gasteiger partial charge in [0.1, 0.15) is 0 Å². The molecule has 6 heteroatoms. The Bertz CT molecular complexity index is 752. The van der Waals surface area contributed by atoms with Crippen LogP contribution in [0.15, 0.2) is 48.5 Å². The summed E-state index contributed by atoms with van der Waals surface area (Å²) in [6, 6.07) is 13.1. The second-order valence-electron chi connectivity index (χ2n) is 5.86. The van der Waals surface area contributed by atoms with Gasteiger partial charge in [0.25, 0.3) is 0 Å². The van der Waals surface area contributed by atoms with Gasteiger partial charge in [-0.05, 0) is 48.5 Å². The molecule has 0 heterocycles. The van der Waals surface area contributed by atoms with E-state index in [0.717, 1.165) is 0 Å². The first kappa shape index (κ1) is 19.1. The monoisotopic (exact) mass is 352 g/mol. The van der Waals surface area contributed by atoms with Gasteiger partial charge in [0.2, 0.25) is 11.8 Å². The van der Waals surface area contributed by atoms with Crippen LogP contribution in [-0.4, -0.2) is 23.4 Å². The molecule has 0 saturated carbocycles. The molecule has 6 nitrogen and oxygen atoms in total. The zero-order valence-electron chi connectivity index (χ0n) is 14.7. The van der Waals surface area contributed by atoms with Crippen LogP contribution in [0.5, 0.6) is 0 Å². The van der Waals surface area contributed by atoms with E-state index < -0.39 is 0 Å². The third-order valence-electron chi connectivity index (χ3n) is 3.63. The molecule has 26 heavy (non-hydrogen) atoms. The molecule has 0 atom stereocenters. The molecule has 2 N–H and O–H groups in total. The molecule has 2 aromatic carbocycles. The van der Waals surface area contributed by atoms with Crippen molar-refractivity contribution in [1.29, 1.82) is 0 Å². The Morgan fingerprint density at radius 3 is 1.19 bits per heavy atom. The fourth-order valence-electron chi connectivity index (χ4n) is 2.40. The van der Waals surface area contributed by atoms with Crippen LogP contribution in [0.2, 0.25) is 0 Å². The van der Waals surface area contributed by atoms with Crippen LogP contribution >= 0.6 is 0 Å². The number of carbonyl (C=O) groups excluding carboxylic acids is 4. The Balaban J connectivity index is 1.90. The summed E-state index contributed by atoms with van der Waals surface area (Å²) in [6.07, 6.45) is 0.206. The average Bonchev–Trinajstić information content (AvgIpc) is 2.59. The van der Waals surface area contributed by atoms with Gasteiger partial charge in [-0.1, -0.05) is 0 Å². The fraction of sp³-hybridized carbons (Fsp3) is 0.200. The first-order valence-corrected chi connectivity index (χ1v) is 8.17. The summed E-state index contributed by atoms with van der Waals surface area (Å²) >= 11 is 0. The summed E-state index contributed by atoms with van der Waals surface area (Å²) in [5.41, 5.74) is 2.22. The van der Waals surface area contributed by atoms with Crippen molar-refractivity contribution in [2.75, 3.05) is 10.6 Å². The van der Waals surface area contributed by atoms with Gasteiger partial charge in [0.15, 0.2) is 11.6 Å². The molecule has 0 radical (unpaired) electrons. The maximum Gasteiger partial charge on any atom is 0.221 e. The summed E-state index contributed by atoms with van der Waals surface area (Å²) in [7, 11) is 0. The highest BCUT2D eigenvalue weighted by molar-refractivity contribution is 6.02. The average molecular weight is 352 g/mol. The number of Topliss-reactive ketones (excluding diaryl/α,β-unsaturated/α-hetero) is 2. The van der Waals surface area contributed by atoms with Crippen LogP contribution in [0.25, 0.3) is 0 Å². The lowest BCUT2D eigenvalue weighted by atomic mass is 10.0. The molecule has 0 saturated heterocycles. The molecular weight excluding hydrogens is 332 g/mol. The first-order valence-electron chi connectivity index (χ1n) is 8.17. The number of rotatable bonds is 7. The van der Waals surface area contributed by atoms with Gasteiger partial charge in [-0.3, -0.25) is 19.2 Å². The van der Waals surface area contributed by atoms with Crippen molar-refractivity contribution in [3.63, 3.8) is 0 Å². The second-order valence-corrected chi connectivity index (χ2v) is 5.86. The Labute approximate surface area is 151 Å². The molecular formula is C20H20N2O4. The zero-order chi connectivity index (χ0) is 19.1. The van der Waals surface area contributed by atoms with Crippen LogP contribution in [0, 0.1) is 0 Å². The number of ketones is 2. The third-order valence-corrected chi connectivity index (χ3v) is 3.63. The van der Waals surface area contributed by atoms with Crippen molar-refractivity contribution >= 4 is 34.8 Å². The van der Waals surface area contributed by atoms with Crippen LogP contribution in [0.3, 0.4) is 0 Å². The Hall–Kier alpha value is -3.28. The van der Waals surface area contributed by atoms with Gasteiger partial charge in [-0.25, -0.2) is 0 Å². The smallest absolute Gasteiger partial charge is 0.221 e. The van der Waals surface area contributed by atoms with E-state index in [4.69, 9.17) is 0 Å². The van der Waals surface area contributed by atoms with Gasteiger partial charge in [0, 0.05) is 49.2 Å². The summed E-state index contributed by atoms with van der Waals surface area (Å²) in [5, 5.41) is 5.26. The summed E-state index contributed by atoms with van der Waals surface area (Å²) in [5.74, 6) is -0.636. The van der Waals surface area contributed by atoms with Gasteiger partial charge in [-0.15, -0.1) is 0 Å². The molecule has 2 amide bonds. The number of carbonyl (C=O) groups is 4. The third kappa shape index (κ3) is 5.66. The maximum atomic E-state index is 12.2. The molecule has 0 aliphatic rings. The minimum atomic E-state index is -0.181. The second kappa shape index (κ2) is 8.71. The lowest BCUT2D eigenvalue weighted by molar-refractivity contribution is -0.115. The van der Waals surface area contributed by atoms with E-state index in [9.17, 15) is 19.2 Å². The van der Waals surface area contributed by atoms with Gasteiger partial charge < -0.3 is 10.6 Å². The highest BCUT2D eigenvalue weighted by Crippen LogP contribution is 2.15. The summed E-state index contributed by atoms with van der Waals surface area (Å²) in [4.78, 5) is 46.4. The number of hydrogen-bond donors (Lipinski definition) is 2. The van der Waals surface area contributed by atoms with Crippen molar-refractivity contribution in [3.8, 4) is 0 Å². The Kier molecular flexibility index (Phi) is 6.38. The van der Waals surface area contributed by atoms with Gasteiger partial charge in [-0.2, -0.15) is 0 Å². The zero-order valence-corrected chi connectivity index (χ0v) is 14.7. The molecule has 134 valence electrons. The van der Waals surface area contributed by atoms with Crippen LogP contribution < -0.4 is 10.6 Å². The summed E-state index contributed by atoms with van der Waals surface area (Å²) < 4.78 is 0. The number of anilines is 2. The molecule has 0 unspecified atom stereocenters. The lowest BCUT2D eigenvalue weighted by Crippen LogP contribution is -2.08. The molecule has 0 aliphatic carbocycles. The number of benzene rings is 2. The normalized spacial score (nSPS) is 10.1. The van der Waals surface area contributed by atoms with Crippen LogP contribution in [-0.2, 0) is 9.59 Å². The first-order chi connectivity index (χ1) is 12.3. The highest BCUT2D eigenvalue weighted by Gasteiger charge is 2.11. The van der Waals surface area contributed by atoms with E-state index in [-0.39, 0.29) is 36.2 Å². The van der Waals surface area contributed by atoms with E-state index >= 15 is 0 Å². The largest absolute Gasteiger partial charge is 0.326 e. The lowest BCUT2D eigenvalue weighted by Gasteiger charge is -2.05. The minimum Gasteiger partial charge on any atom is -0.326 e. The Morgan fingerprint density at radius 2 is 0.923 bits per heavy atom. The predicted octanol–water partition coefficient (Wildman–Crippen LogP) is 3.45. The number of hydrogen-bond acceptors (Lipinski definition) is 4.